The summed E-state index contributed by atoms with van der Waals surface area (Å²) < 4.78 is 0. The number of carboxylic acids is 1. The van der Waals surface area contributed by atoms with Crippen molar-refractivity contribution in [3.63, 3.8) is 0 Å². The van der Waals surface area contributed by atoms with Gasteiger partial charge in [-0.15, -0.1) is 0 Å². The number of hydrogen-bond acceptors (Lipinski definition) is 3. The normalized spacial score (nSPS) is 18.6. The second-order valence-corrected chi connectivity index (χ2v) is 4.65. The number of benzene rings is 1. The molecule has 100 valence electrons. The van der Waals surface area contributed by atoms with Gasteiger partial charge in [0.05, 0.1) is 12.5 Å². The second kappa shape index (κ2) is 5.65. The lowest BCUT2D eigenvalue weighted by molar-refractivity contribution is -0.136. The second-order valence-electron chi connectivity index (χ2n) is 4.65. The molecule has 0 saturated carbocycles. The fraction of sp³-hybridized carbons (Fsp3) is 0.357. The largest absolute Gasteiger partial charge is 0.481 e. The van der Waals surface area contributed by atoms with E-state index in [2.05, 4.69) is 0 Å². The third-order valence-corrected chi connectivity index (χ3v) is 3.26. The number of aldehydes is 1. The van der Waals surface area contributed by atoms with Crippen LogP contribution in [-0.4, -0.2) is 34.2 Å². The maximum absolute atomic E-state index is 11.6. The highest BCUT2D eigenvalue weighted by atomic mass is 16.4. The number of carbonyl (C=O) groups is 3. The maximum Gasteiger partial charge on any atom is 0.307 e. The first-order valence-electron chi connectivity index (χ1n) is 6.14. The van der Waals surface area contributed by atoms with Crippen molar-refractivity contribution in [1.29, 1.82) is 0 Å². The van der Waals surface area contributed by atoms with Gasteiger partial charge in [0.1, 0.15) is 6.29 Å². The van der Waals surface area contributed by atoms with Crippen molar-refractivity contribution in [2.75, 3.05) is 0 Å². The third kappa shape index (κ3) is 3.19. The van der Waals surface area contributed by atoms with E-state index in [-0.39, 0.29) is 18.4 Å². The van der Waals surface area contributed by atoms with E-state index in [1.54, 1.807) is 29.2 Å². The summed E-state index contributed by atoms with van der Waals surface area (Å²) in [6.45, 7) is 0.398. The average molecular weight is 261 g/mol. The van der Waals surface area contributed by atoms with Crippen LogP contribution in [0, 0.1) is 0 Å². The van der Waals surface area contributed by atoms with E-state index < -0.39 is 5.97 Å². The number of carboxylic acid groups (broad SMARTS) is 1. The van der Waals surface area contributed by atoms with Crippen molar-refractivity contribution in [3.8, 4) is 0 Å². The van der Waals surface area contributed by atoms with Gasteiger partial charge < -0.3 is 14.8 Å². The Labute approximate surface area is 110 Å². The summed E-state index contributed by atoms with van der Waals surface area (Å²) >= 11 is 0. The quantitative estimate of drug-likeness (QED) is 0.802. The molecular weight excluding hydrogens is 246 g/mol. The van der Waals surface area contributed by atoms with Gasteiger partial charge in [0, 0.05) is 13.0 Å². The van der Waals surface area contributed by atoms with Crippen molar-refractivity contribution in [2.24, 2.45) is 0 Å². The molecule has 0 aromatic heterocycles. The SMILES string of the molecule is O=CC1CCC(=O)N1Cc1ccc(CC(=O)O)cc1. The van der Waals surface area contributed by atoms with E-state index >= 15 is 0 Å². The van der Waals surface area contributed by atoms with E-state index in [1.165, 1.54) is 0 Å². The van der Waals surface area contributed by atoms with Gasteiger partial charge in [-0.25, -0.2) is 0 Å². The molecule has 1 N–H and O–H groups in total. The van der Waals surface area contributed by atoms with Crippen molar-refractivity contribution in [1.82, 2.24) is 4.90 Å². The van der Waals surface area contributed by atoms with Crippen LogP contribution in [0.25, 0.3) is 0 Å². The summed E-state index contributed by atoms with van der Waals surface area (Å²) in [5, 5.41) is 8.68. The number of rotatable bonds is 5. The molecule has 0 spiro atoms. The molecule has 0 aliphatic carbocycles. The van der Waals surface area contributed by atoms with E-state index in [1.807, 2.05) is 0 Å². The predicted octanol–water partition coefficient (Wildman–Crippen LogP) is 1.00. The molecule has 0 radical (unpaired) electrons. The van der Waals surface area contributed by atoms with Crippen LogP contribution in [0.15, 0.2) is 24.3 Å². The van der Waals surface area contributed by atoms with Gasteiger partial charge in [0.25, 0.3) is 0 Å². The van der Waals surface area contributed by atoms with Crippen LogP contribution < -0.4 is 0 Å². The van der Waals surface area contributed by atoms with Crippen LogP contribution in [0.1, 0.15) is 24.0 Å². The molecule has 1 saturated heterocycles. The average Bonchev–Trinajstić information content (AvgIpc) is 2.72. The molecule has 1 amide bonds. The Kier molecular flexibility index (Phi) is 3.94. The van der Waals surface area contributed by atoms with Gasteiger partial charge >= 0.3 is 5.97 Å². The Morgan fingerprint density at radius 2 is 1.95 bits per heavy atom. The highest BCUT2D eigenvalue weighted by Crippen LogP contribution is 2.20. The van der Waals surface area contributed by atoms with Crippen LogP contribution >= 0.6 is 0 Å². The lowest BCUT2D eigenvalue weighted by Crippen LogP contribution is -2.33. The fourth-order valence-corrected chi connectivity index (χ4v) is 2.24. The first-order chi connectivity index (χ1) is 9.10. The highest BCUT2D eigenvalue weighted by molar-refractivity contribution is 5.83. The molecule has 5 nitrogen and oxygen atoms in total. The Morgan fingerprint density at radius 3 is 2.53 bits per heavy atom. The molecule has 2 rings (SSSR count). The van der Waals surface area contributed by atoms with Gasteiger partial charge in [-0.2, -0.15) is 0 Å². The highest BCUT2D eigenvalue weighted by Gasteiger charge is 2.30. The van der Waals surface area contributed by atoms with Gasteiger partial charge in [0.2, 0.25) is 5.91 Å². The molecule has 1 aromatic carbocycles. The number of hydrogen-bond donors (Lipinski definition) is 1. The molecular formula is C14H15NO4. The van der Waals surface area contributed by atoms with Crippen LogP contribution in [0.4, 0.5) is 0 Å². The maximum atomic E-state index is 11.6. The first-order valence-corrected chi connectivity index (χ1v) is 6.14. The van der Waals surface area contributed by atoms with Crippen molar-refractivity contribution >= 4 is 18.2 Å². The summed E-state index contributed by atoms with van der Waals surface area (Å²) in [6, 6.07) is 6.74. The van der Waals surface area contributed by atoms with E-state index in [0.29, 0.717) is 19.4 Å². The van der Waals surface area contributed by atoms with Crippen LogP contribution in [0.3, 0.4) is 0 Å². The van der Waals surface area contributed by atoms with Crippen molar-refractivity contribution in [2.45, 2.75) is 31.8 Å². The summed E-state index contributed by atoms with van der Waals surface area (Å²) in [4.78, 5) is 34.7. The summed E-state index contributed by atoms with van der Waals surface area (Å²) in [7, 11) is 0. The molecule has 1 aromatic rings. The van der Waals surface area contributed by atoms with Gasteiger partial charge in [0.15, 0.2) is 0 Å². The first kappa shape index (κ1) is 13.3. The lowest BCUT2D eigenvalue weighted by Gasteiger charge is -2.20. The Balaban J connectivity index is 2.04. The summed E-state index contributed by atoms with van der Waals surface area (Å²) in [5.74, 6) is -0.879. The molecule has 5 heteroatoms. The zero-order valence-electron chi connectivity index (χ0n) is 10.4. The molecule has 1 aliphatic heterocycles. The van der Waals surface area contributed by atoms with Crippen LogP contribution in [0.5, 0.6) is 0 Å². The van der Waals surface area contributed by atoms with Crippen molar-refractivity contribution < 1.29 is 19.5 Å². The molecule has 0 bridgehead atoms. The standard InChI is InChI=1S/C14H15NO4/c16-9-12-5-6-13(17)15(12)8-11-3-1-10(2-4-11)7-14(18)19/h1-4,9,12H,5-8H2,(H,18,19). The van der Waals surface area contributed by atoms with Gasteiger partial charge in [-0.3, -0.25) is 9.59 Å². The molecule has 1 aliphatic rings. The fourth-order valence-electron chi connectivity index (χ4n) is 2.24. The number of nitrogens with zero attached hydrogens (tertiary/aromatic N) is 1. The molecule has 19 heavy (non-hydrogen) atoms. The molecule has 1 unspecified atom stereocenters. The van der Waals surface area contributed by atoms with Gasteiger partial charge in [-0.05, 0) is 17.5 Å². The number of carbonyl (C=O) groups excluding carboxylic acids is 2. The van der Waals surface area contributed by atoms with Gasteiger partial charge in [-0.1, -0.05) is 24.3 Å². The van der Waals surface area contributed by atoms with Crippen LogP contribution in [0.2, 0.25) is 0 Å². The summed E-state index contributed by atoms with van der Waals surface area (Å²) in [6.07, 6.45) is 1.80. The minimum Gasteiger partial charge on any atom is -0.481 e. The van der Waals surface area contributed by atoms with Crippen LogP contribution in [-0.2, 0) is 27.3 Å². The lowest BCUT2D eigenvalue weighted by atomic mass is 10.1. The zero-order valence-corrected chi connectivity index (χ0v) is 10.4. The topological polar surface area (TPSA) is 74.7 Å². The Bertz CT molecular complexity index is 495. The van der Waals surface area contributed by atoms with E-state index in [4.69, 9.17) is 5.11 Å². The number of likely N-dealkylation sites (tertiary alicyclic amines) is 1. The minimum absolute atomic E-state index is 0.00767. The van der Waals surface area contributed by atoms with E-state index in [0.717, 1.165) is 17.4 Å². The molecule has 1 atom stereocenters. The number of aliphatic carboxylic acids is 1. The van der Waals surface area contributed by atoms with Crippen molar-refractivity contribution in [3.05, 3.63) is 35.4 Å². The Hall–Kier alpha value is -2.17. The predicted molar refractivity (Wildman–Crippen MR) is 67.4 cm³/mol. The zero-order chi connectivity index (χ0) is 13.8. The smallest absolute Gasteiger partial charge is 0.307 e. The van der Waals surface area contributed by atoms with E-state index in [9.17, 15) is 14.4 Å². The summed E-state index contributed by atoms with van der Waals surface area (Å²) in [5.41, 5.74) is 1.62. The Morgan fingerprint density at radius 1 is 1.32 bits per heavy atom. The monoisotopic (exact) mass is 261 g/mol. The number of amides is 1. The minimum atomic E-state index is -0.872. The molecule has 1 fully saturated rings. The molecule has 1 heterocycles. The third-order valence-electron chi connectivity index (χ3n) is 3.26.